The third kappa shape index (κ3) is 0.789. The van der Waals surface area contributed by atoms with Crippen molar-refractivity contribution in [2.75, 3.05) is 13.2 Å². The molecule has 0 aromatic heterocycles. The van der Waals surface area contributed by atoms with E-state index in [0.717, 1.165) is 13.2 Å². The van der Waals surface area contributed by atoms with Crippen LogP contribution in [-0.2, 0) is 9.47 Å². The molecule has 0 bridgehead atoms. The van der Waals surface area contributed by atoms with Gasteiger partial charge in [-0.15, -0.1) is 0 Å². The highest BCUT2D eigenvalue weighted by molar-refractivity contribution is 4.90. The van der Waals surface area contributed by atoms with Crippen molar-refractivity contribution in [1.29, 1.82) is 0 Å². The van der Waals surface area contributed by atoms with E-state index in [1.54, 1.807) is 0 Å². The van der Waals surface area contributed by atoms with Crippen LogP contribution in [0.1, 0.15) is 13.8 Å². The summed E-state index contributed by atoms with van der Waals surface area (Å²) in [5.41, 5.74) is 0. The van der Waals surface area contributed by atoms with Gasteiger partial charge in [0.05, 0.1) is 25.4 Å². The maximum absolute atomic E-state index is 5.58. The molecule has 0 unspecified atom stereocenters. The van der Waals surface area contributed by atoms with Crippen LogP contribution in [0.25, 0.3) is 0 Å². The van der Waals surface area contributed by atoms with Gasteiger partial charge in [-0.2, -0.15) is 0 Å². The lowest BCUT2D eigenvalue weighted by molar-refractivity contribution is 0.0627. The highest BCUT2D eigenvalue weighted by Crippen LogP contribution is 2.33. The molecular weight excluding hydrogens is 128 g/mol. The van der Waals surface area contributed by atoms with Gasteiger partial charge in [0.15, 0.2) is 0 Å². The lowest BCUT2D eigenvalue weighted by atomic mass is 9.99. The fourth-order valence-corrected chi connectivity index (χ4v) is 1.88. The summed E-state index contributed by atoms with van der Waals surface area (Å²) in [6.07, 6.45) is 0.796. The minimum Gasteiger partial charge on any atom is -0.375 e. The van der Waals surface area contributed by atoms with E-state index in [-0.39, 0.29) is 0 Å². The summed E-state index contributed by atoms with van der Waals surface area (Å²) < 4.78 is 11.2. The van der Waals surface area contributed by atoms with Crippen LogP contribution in [0.3, 0.4) is 0 Å². The zero-order valence-corrected chi connectivity index (χ0v) is 6.54. The van der Waals surface area contributed by atoms with E-state index in [2.05, 4.69) is 13.8 Å². The van der Waals surface area contributed by atoms with Gasteiger partial charge in [0.2, 0.25) is 0 Å². The van der Waals surface area contributed by atoms with E-state index in [9.17, 15) is 0 Å². The molecule has 0 amide bonds. The van der Waals surface area contributed by atoms with Crippen LogP contribution in [-0.4, -0.2) is 25.4 Å². The van der Waals surface area contributed by atoms with Crippen LogP contribution in [0.2, 0.25) is 0 Å². The molecule has 2 heterocycles. The minimum atomic E-state index is 0.398. The Kier molecular flexibility index (Phi) is 1.46. The van der Waals surface area contributed by atoms with Crippen molar-refractivity contribution in [2.45, 2.75) is 26.1 Å². The van der Waals surface area contributed by atoms with Gasteiger partial charge in [0.25, 0.3) is 0 Å². The Morgan fingerprint density at radius 3 is 1.70 bits per heavy atom. The second-order valence-electron chi connectivity index (χ2n) is 3.55. The van der Waals surface area contributed by atoms with Crippen LogP contribution in [0.5, 0.6) is 0 Å². The van der Waals surface area contributed by atoms with Gasteiger partial charge >= 0.3 is 0 Å². The van der Waals surface area contributed by atoms with Gasteiger partial charge in [-0.1, -0.05) is 13.8 Å². The largest absolute Gasteiger partial charge is 0.375 e. The second-order valence-corrected chi connectivity index (χ2v) is 3.55. The predicted molar refractivity (Wildman–Crippen MR) is 37.8 cm³/mol. The van der Waals surface area contributed by atoms with Gasteiger partial charge in [0, 0.05) is 11.8 Å². The summed E-state index contributed by atoms with van der Waals surface area (Å²) in [6, 6.07) is 0. The van der Waals surface area contributed by atoms with Crippen molar-refractivity contribution in [2.24, 2.45) is 11.8 Å². The first kappa shape index (κ1) is 6.62. The molecular formula is C8H14O2. The minimum absolute atomic E-state index is 0.398. The first-order valence-corrected chi connectivity index (χ1v) is 4.02. The molecule has 0 spiro atoms. The Balaban J connectivity index is 2.09. The molecule has 0 radical (unpaired) electrons. The summed E-state index contributed by atoms with van der Waals surface area (Å²) >= 11 is 0. The number of fused-ring (bicyclic) bond motifs is 1. The van der Waals surface area contributed by atoms with Crippen molar-refractivity contribution in [3.05, 3.63) is 0 Å². The van der Waals surface area contributed by atoms with Crippen LogP contribution in [0.15, 0.2) is 0 Å². The summed E-state index contributed by atoms with van der Waals surface area (Å²) in [5.74, 6) is 1.21. The van der Waals surface area contributed by atoms with Gasteiger partial charge < -0.3 is 9.47 Å². The van der Waals surface area contributed by atoms with E-state index in [4.69, 9.17) is 9.47 Å². The van der Waals surface area contributed by atoms with Gasteiger partial charge in [-0.3, -0.25) is 0 Å². The molecule has 2 aliphatic rings. The summed E-state index contributed by atoms with van der Waals surface area (Å²) in [6.45, 7) is 6.17. The zero-order valence-electron chi connectivity index (χ0n) is 6.54. The maximum atomic E-state index is 5.58. The molecule has 2 aliphatic heterocycles. The van der Waals surface area contributed by atoms with Gasteiger partial charge in [0.1, 0.15) is 0 Å². The molecule has 0 saturated carbocycles. The molecule has 2 heteroatoms. The zero-order chi connectivity index (χ0) is 7.14. The molecule has 10 heavy (non-hydrogen) atoms. The topological polar surface area (TPSA) is 18.5 Å². The monoisotopic (exact) mass is 142 g/mol. The summed E-state index contributed by atoms with van der Waals surface area (Å²) in [5, 5.41) is 0. The Bertz CT molecular complexity index is 119. The molecule has 0 aromatic carbocycles. The lowest BCUT2D eigenvalue weighted by Crippen LogP contribution is -2.23. The summed E-state index contributed by atoms with van der Waals surface area (Å²) in [7, 11) is 0. The molecule has 2 rings (SSSR count). The number of hydrogen-bond donors (Lipinski definition) is 0. The Hall–Kier alpha value is -0.0800. The third-order valence-corrected chi connectivity index (χ3v) is 2.55. The average Bonchev–Trinajstić information content (AvgIpc) is 2.41. The Morgan fingerprint density at radius 2 is 1.30 bits per heavy atom. The molecule has 2 fully saturated rings. The van der Waals surface area contributed by atoms with Crippen molar-refractivity contribution in [3.8, 4) is 0 Å². The number of ether oxygens (including phenoxy) is 2. The van der Waals surface area contributed by atoms with E-state index < -0.39 is 0 Å². The number of rotatable bonds is 0. The molecule has 4 atom stereocenters. The molecule has 2 saturated heterocycles. The normalized spacial score (nSPS) is 53.4. The maximum Gasteiger partial charge on any atom is 0.0887 e. The van der Waals surface area contributed by atoms with Crippen LogP contribution in [0, 0.1) is 11.8 Å². The highest BCUT2D eigenvalue weighted by Gasteiger charge is 2.43. The van der Waals surface area contributed by atoms with E-state index in [0.29, 0.717) is 24.0 Å². The SMILES string of the molecule is C[C@H]1CO[C@H]2[C@@H]1OC[C@@H]2C. The smallest absolute Gasteiger partial charge is 0.0887 e. The van der Waals surface area contributed by atoms with Crippen LogP contribution < -0.4 is 0 Å². The van der Waals surface area contributed by atoms with Crippen LogP contribution in [0.4, 0.5) is 0 Å². The first-order valence-electron chi connectivity index (χ1n) is 4.02. The molecule has 58 valence electrons. The molecule has 0 N–H and O–H groups in total. The molecule has 0 aliphatic carbocycles. The third-order valence-electron chi connectivity index (χ3n) is 2.55. The van der Waals surface area contributed by atoms with Gasteiger partial charge in [-0.05, 0) is 0 Å². The van der Waals surface area contributed by atoms with Crippen molar-refractivity contribution >= 4 is 0 Å². The molecule has 0 aromatic rings. The quantitative estimate of drug-likeness (QED) is 0.503. The van der Waals surface area contributed by atoms with Crippen molar-refractivity contribution in [3.63, 3.8) is 0 Å². The Morgan fingerprint density at radius 1 is 0.900 bits per heavy atom. The predicted octanol–water partition coefficient (Wildman–Crippen LogP) is 1.06. The first-order chi connectivity index (χ1) is 4.79. The van der Waals surface area contributed by atoms with Crippen LogP contribution >= 0.6 is 0 Å². The average molecular weight is 142 g/mol. The number of hydrogen-bond acceptors (Lipinski definition) is 2. The standard InChI is InChI=1S/C8H14O2/c1-5-3-9-8-6(2)4-10-7(5)8/h5-8H,3-4H2,1-2H3/t5-,6-,7+,8+/m0/s1. The highest BCUT2D eigenvalue weighted by atomic mass is 16.6. The van der Waals surface area contributed by atoms with Gasteiger partial charge in [-0.25, -0.2) is 0 Å². The second kappa shape index (κ2) is 2.21. The van der Waals surface area contributed by atoms with E-state index in [1.807, 2.05) is 0 Å². The molecule has 2 nitrogen and oxygen atoms in total. The van der Waals surface area contributed by atoms with Crippen molar-refractivity contribution in [1.82, 2.24) is 0 Å². The summed E-state index contributed by atoms with van der Waals surface area (Å²) in [4.78, 5) is 0. The van der Waals surface area contributed by atoms with E-state index in [1.165, 1.54) is 0 Å². The fourth-order valence-electron chi connectivity index (χ4n) is 1.88. The Labute approximate surface area is 61.5 Å². The fraction of sp³-hybridized carbons (Fsp3) is 1.00. The van der Waals surface area contributed by atoms with Crippen molar-refractivity contribution < 1.29 is 9.47 Å². The lowest BCUT2D eigenvalue weighted by Gasteiger charge is -2.10. The van der Waals surface area contributed by atoms with E-state index >= 15 is 0 Å².